The van der Waals surface area contributed by atoms with Gasteiger partial charge in [0.15, 0.2) is 5.03 Å². The minimum Gasteiger partial charge on any atom is -0.493 e. The number of benzene rings is 1. The molecule has 0 unspecified atom stereocenters. The van der Waals surface area contributed by atoms with E-state index in [9.17, 15) is 43.9 Å². The number of rotatable bonds is 9. The van der Waals surface area contributed by atoms with Crippen LogP contribution in [0.3, 0.4) is 0 Å². The van der Waals surface area contributed by atoms with E-state index < -0.39 is 62.4 Å². The number of amides is 1. The van der Waals surface area contributed by atoms with Crippen LogP contribution in [0.1, 0.15) is 29.9 Å². The Morgan fingerprint density at radius 2 is 1.63 bits per heavy atom. The first kappa shape index (κ1) is 31.6. The second-order valence-corrected chi connectivity index (χ2v) is 10.7. The van der Waals surface area contributed by atoms with Gasteiger partial charge >= 0.3 is 12.4 Å². The monoisotopic (exact) mass is 609 g/mol. The van der Waals surface area contributed by atoms with Crippen molar-refractivity contribution in [1.82, 2.24) is 14.7 Å². The van der Waals surface area contributed by atoms with Gasteiger partial charge in [0.05, 0.1) is 12.3 Å². The van der Waals surface area contributed by atoms with Crippen LogP contribution in [0.2, 0.25) is 0 Å². The molecule has 2 heterocycles. The molecular weight excluding hydrogens is 587 g/mol. The molecule has 3 rings (SSSR count). The molecule has 0 bridgehead atoms. The van der Waals surface area contributed by atoms with Crippen molar-refractivity contribution in [3.63, 3.8) is 0 Å². The summed E-state index contributed by atoms with van der Waals surface area (Å²) in [6, 6.07) is 8.47. The molecule has 0 aliphatic heterocycles. The molecule has 8 nitrogen and oxygen atoms in total. The molecule has 1 amide bonds. The van der Waals surface area contributed by atoms with Gasteiger partial charge in [-0.05, 0) is 49.2 Å². The highest BCUT2D eigenvalue weighted by atomic mass is 32.2. The van der Waals surface area contributed by atoms with E-state index in [1.165, 1.54) is 29.8 Å². The van der Waals surface area contributed by atoms with E-state index in [4.69, 9.17) is 4.74 Å². The maximum absolute atomic E-state index is 14.3. The van der Waals surface area contributed by atoms with E-state index in [1.807, 2.05) is 13.8 Å². The van der Waals surface area contributed by atoms with E-state index in [2.05, 4.69) is 14.7 Å². The van der Waals surface area contributed by atoms with Crippen molar-refractivity contribution in [2.24, 2.45) is 5.92 Å². The average molecular weight is 610 g/mol. The Morgan fingerprint density at radius 3 is 2.22 bits per heavy atom. The number of carbonyl (C=O) groups is 1. The van der Waals surface area contributed by atoms with Crippen LogP contribution in [0.25, 0.3) is 11.3 Å². The number of hydrogen-bond donors (Lipinski definition) is 1. The molecule has 0 aliphatic carbocycles. The molecule has 0 aliphatic rings. The number of ether oxygens (including phenoxy) is 2. The van der Waals surface area contributed by atoms with E-state index in [0.717, 1.165) is 24.3 Å². The van der Waals surface area contributed by atoms with Gasteiger partial charge in [-0.15, -0.1) is 0 Å². The molecule has 0 saturated heterocycles. The van der Waals surface area contributed by atoms with Crippen molar-refractivity contribution < 1.29 is 53.4 Å². The van der Waals surface area contributed by atoms with E-state index in [0.29, 0.717) is 6.07 Å². The van der Waals surface area contributed by atoms with Crippen LogP contribution < -0.4 is 14.2 Å². The Labute approximate surface area is 229 Å². The molecule has 0 spiro atoms. The SMILES string of the molecule is Cc1cccc(S(=O)(=O)NC(=O)c2ccc(-c3cc(F)cc(OCC(C)C)c3)nc2OC(C(F)(F)F)C(F)(F)F)n1. The van der Waals surface area contributed by atoms with Crippen molar-refractivity contribution >= 4 is 15.9 Å². The van der Waals surface area contributed by atoms with Gasteiger partial charge in [0.1, 0.15) is 17.1 Å². The normalized spacial score (nSPS) is 12.5. The summed E-state index contributed by atoms with van der Waals surface area (Å²) in [5.74, 6) is -4.02. The molecule has 1 aromatic carbocycles. The molecular formula is C25H22F7N3O5S. The predicted molar refractivity (Wildman–Crippen MR) is 130 cm³/mol. The summed E-state index contributed by atoms with van der Waals surface area (Å²) in [6.45, 7) is 5.21. The number of halogens is 7. The van der Waals surface area contributed by atoms with Gasteiger partial charge in [-0.2, -0.15) is 34.8 Å². The van der Waals surface area contributed by atoms with Crippen LogP contribution in [0.15, 0.2) is 53.6 Å². The number of hydrogen-bond acceptors (Lipinski definition) is 7. The Balaban J connectivity index is 2.10. The lowest BCUT2D eigenvalue weighted by molar-refractivity contribution is -0.300. The highest BCUT2D eigenvalue weighted by Crippen LogP contribution is 2.38. The fourth-order valence-corrected chi connectivity index (χ4v) is 4.23. The van der Waals surface area contributed by atoms with Gasteiger partial charge < -0.3 is 9.47 Å². The molecule has 2 aromatic heterocycles. The van der Waals surface area contributed by atoms with E-state index >= 15 is 0 Å². The number of carbonyl (C=O) groups excluding carboxylic acids is 1. The van der Waals surface area contributed by atoms with Crippen LogP contribution in [0.4, 0.5) is 30.7 Å². The number of sulfonamides is 1. The standard InChI is InChI=1S/C25H22F7N3O5S/c1-13(2)12-39-17-10-15(9-16(26)11-17)19-8-7-18(22(34-19)40-23(24(27,28)29)25(30,31)32)21(36)35-41(37,38)20-6-4-5-14(3)33-20/h4-11,13,23H,12H2,1-3H3,(H,35,36). The third kappa shape index (κ3) is 8.28. The van der Waals surface area contributed by atoms with E-state index in [1.54, 1.807) is 0 Å². The van der Waals surface area contributed by atoms with Gasteiger partial charge in [-0.1, -0.05) is 19.9 Å². The van der Waals surface area contributed by atoms with Crippen LogP contribution in [0, 0.1) is 18.7 Å². The predicted octanol–water partition coefficient (Wildman–Crippen LogP) is 5.62. The van der Waals surface area contributed by atoms with Crippen LogP contribution in [-0.2, 0) is 10.0 Å². The molecule has 222 valence electrons. The number of aryl methyl sites for hydroxylation is 1. The Morgan fingerprint density at radius 1 is 0.976 bits per heavy atom. The largest absolute Gasteiger partial charge is 0.493 e. The maximum Gasteiger partial charge on any atom is 0.434 e. The summed E-state index contributed by atoms with van der Waals surface area (Å²) in [5, 5.41) is -0.643. The molecule has 3 aromatic rings. The lowest BCUT2D eigenvalue weighted by atomic mass is 10.1. The lowest BCUT2D eigenvalue weighted by Crippen LogP contribution is -2.47. The molecule has 0 radical (unpaired) electrons. The third-order valence-corrected chi connectivity index (χ3v) is 6.28. The van der Waals surface area contributed by atoms with Gasteiger partial charge in [0.25, 0.3) is 22.0 Å². The molecule has 1 N–H and O–H groups in total. The average Bonchev–Trinajstić information content (AvgIpc) is 2.84. The van der Waals surface area contributed by atoms with Crippen LogP contribution in [-0.4, -0.2) is 49.4 Å². The van der Waals surface area contributed by atoms with Gasteiger partial charge in [-0.25, -0.2) is 19.1 Å². The summed E-state index contributed by atoms with van der Waals surface area (Å²) in [4.78, 5) is 20.2. The number of nitrogens with zero attached hydrogens (tertiary/aromatic N) is 2. The second kappa shape index (κ2) is 11.9. The summed E-state index contributed by atoms with van der Waals surface area (Å²) in [6.07, 6.45) is -16.4. The van der Waals surface area contributed by atoms with Crippen molar-refractivity contribution in [3.8, 4) is 22.9 Å². The van der Waals surface area contributed by atoms with Crippen molar-refractivity contribution in [1.29, 1.82) is 0 Å². The summed E-state index contributed by atoms with van der Waals surface area (Å²) < 4.78 is 130. The van der Waals surface area contributed by atoms with E-state index in [-0.39, 0.29) is 29.5 Å². The second-order valence-electron chi connectivity index (χ2n) is 9.06. The number of aromatic nitrogens is 2. The van der Waals surface area contributed by atoms with Crippen molar-refractivity contribution in [3.05, 3.63) is 65.6 Å². The minimum atomic E-state index is -6.00. The fraction of sp³-hybridized carbons (Fsp3) is 0.320. The molecule has 0 fully saturated rings. The first-order chi connectivity index (χ1) is 18.9. The Bertz CT molecular complexity index is 1510. The summed E-state index contributed by atoms with van der Waals surface area (Å²) >= 11 is 0. The lowest BCUT2D eigenvalue weighted by Gasteiger charge is -2.24. The van der Waals surface area contributed by atoms with Crippen molar-refractivity contribution in [2.75, 3.05) is 6.61 Å². The topological polar surface area (TPSA) is 107 Å². The van der Waals surface area contributed by atoms with Crippen molar-refractivity contribution in [2.45, 2.75) is 44.3 Å². The Hall–Kier alpha value is -3.95. The summed E-state index contributed by atoms with van der Waals surface area (Å²) in [7, 11) is -4.72. The number of alkyl halides is 6. The number of pyridine rings is 2. The fourth-order valence-electron chi connectivity index (χ4n) is 3.25. The zero-order chi connectivity index (χ0) is 30.8. The van der Waals surface area contributed by atoms with Crippen LogP contribution in [0.5, 0.6) is 11.6 Å². The summed E-state index contributed by atoms with van der Waals surface area (Å²) in [5.41, 5.74) is -1.40. The zero-order valence-corrected chi connectivity index (χ0v) is 22.3. The molecule has 0 saturated carbocycles. The maximum atomic E-state index is 14.3. The third-order valence-electron chi connectivity index (χ3n) is 5.04. The molecule has 0 atom stereocenters. The highest BCUT2D eigenvalue weighted by Gasteiger charge is 2.59. The van der Waals surface area contributed by atoms with Crippen LogP contribution >= 0.6 is 0 Å². The first-order valence-electron chi connectivity index (χ1n) is 11.6. The molecule has 16 heteroatoms. The smallest absolute Gasteiger partial charge is 0.434 e. The zero-order valence-electron chi connectivity index (χ0n) is 21.5. The first-order valence-corrected chi connectivity index (χ1v) is 13.1. The van der Waals surface area contributed by atoms with Gasteiger partial charge in [0.2, 0.25) is 5.88 Å². The van der Waals surface area contributed by atoms with Gasteiger partial charge in [0, 0.05) is 17.3 Å². The quantitative estimate of drug-likeness (QED) is 0.314. The Kier molecular flexibility index (Phi) is 9.15. The van der Waals surface area contributed by atoms with Gasteiger partial charge in [-0.3, -0.25) is 4.79 Å². The highest BCUT2D eigenvalue weighted by molar-refractivity contribution is 7.90. The minimum absolute atomic E-state index is 0.0139. The molecule has 41 heavy (non-hydrogen) atoms. The number of nitrogens with one attached hydrogen (secondary N) is 1.